The highest BCUT2D eigenvalue weighted by Crippen LogP contribution is 2.29. The summed E-state index contributed by atoms with van der Waals surface area (Å²) in [7, 11) is -4.15. The molecule has 0 fully saturated rings. The van der Waals surface area contributed by atoms with Crippen molar-refractivity contribution in [1.29, 1.82) is 0 Å². The Labute approximate surface area is 200 Å². The predicted molar refractivity (Wildman–Crippen MR) is 132 cm³/mol. The Morgan fingerprint density at radius 3 is 2.26 bits per heavy atom. The van der Waals surface area contributed by atoms with Crippen molar-refractivity contribution in [3.05, 3.63) is 83.7 Å². The van der Waals surface area contributed by atoms with Crippen molar-refractivity contribution < 1.29 is 22.3 Å². The molecule has 34 heavy (non-hydrogen) atoms. The van der Waals surface area contributed by atoms with Gasteiger partial charge in [-0.3, -0.25) is 9.10 Å². The maximum absolute atomic E-state index is 13.5. The Bertz CT molecular complexity index is 1240. The molecule has 0 aliphatic rings. The molecule has 3 aromatic carbocycles. The van der Waals surface area contributed by atoms with Crippen LogP contribution in [-0.4, -0.2) is 27.5 Å². The van der Waals surface area contributed by atoms with Crippen LogP contribution >= 0.6 is 0 Å². The van der Waals surface area contributed by atoms with E-state index in [2.05, 4.69) is 5.32 Å². The normalized spacial score (nSPS) is 11.4. The fourth-order valence-corrected chi connectivity index (χ4v) is 5.00. The molecule has 6 nitrogen and oxygen atoms in total. The first kappa shape index (κ1) is 25.2. The van der Waals surface area contributed by atoms with E-state index < -0.39 is 28.3 Å². The molecule has 0 aliphatic carbocycles. The number of hydrogen-bond acceptors (Lipinski definition) is 4. The first-order valence-corrected chi connectivity index (χ1v) is 12.5. The van der Waals surface area contributed by atoms with Gasteiger partial charge < -0.3 is 10.1 Å². The summed E-state index contributed by atoms with van der Waals surface area (Å²) in [5.41, 5.74) is 2.81. The number of anilines is 2. The first-order valence-electron chi connectivity index (χ1n) is 11.0. The second kappa shape index (κ2) is 10.7. The van der Waals surface area contributed by atoms with E-state index in [1.807, 2.05) is 45.9 Å². The van der Waals surface area contributed by atoms with Gasteiger partial charge in [-0.2, -0.15) is 0 Å². The summed E-state index contributed by atoms with van der Waals surface area (Å²) in [4.78, 5) is 13.0. The fourth-order valence-electron chi connectivity index (χ4n) is 3.58. The number of carbonyl (C=O) groups excluding carboxylic acids is 1. The number of halogens is 1. The third-order valence-electron chi connectivity index (χ3n) is 5.32. The number of amides is 1. The summed E-state index contributed by atoms with van der Waals surface area (Å²) in [6.07, 6.45) is 0. The number of rotatable bonds is 9. The minimum atomic E-state index is -4.15. The molecule has 1 amide bonds. The minimum absolute atomic E-state index is 0.116. The average molecular weight is 485 g/mol. The molecule has 8 heteroatoms. The van der Waals surface area contributed by atoms with Gasteiger partial charge in [-0.15, -0.1) is 0 Å². The number of aryl methyl sites for hydroxylation is 1. The van der Waals surface area contributed by atoms with Crippen LogP contribution in [0.15, 0.2) is 71.6 Å². The quantitative estimate of drug-likeness (QED) is 0.436. The van der Waals surface area contributed by atoms with Crippen LogP contribution in [-0.2, 0) is 14.8 Å². The predicted octanol–water partition coefficient (Wildman–Crippen LogP) is 5.49. The number of carbonyl (C=O) groups is 1. The Kier molecular flexibility index (Phi) is 7.94. The first-order chi connectivity index (χ1) is 16.1. The molecule has 0 spiro atoms. The molecule has 3 aromatic rings. The van der Waals surface area contributed by atoms with Gasteiger partial charge in [0.25, 0.3) is 10.0 Å². The van der Waals surface area contributed by atoms with E-state index in [0.717, 1.165) is 27.6 Å². The Balaban J connectivity index is 1.97. The maximum Gasteiger partial charge on any atom is 0.264 e. The van der Waals surface area contributed by atoms with Gasteiger partial charge >= 0.3 is 0 Å². The summed E-state index contributed by atoms with van der Waals surface area (Å²) < 4.78 is 46.8. The van der Waals surface area contributed by atoms with Gasteiger partial charge in [-0.1, -0.05) is 32.0 Å². The van der Waals surface area contributed by atoms with Crippen molar-refractivity contribution in [2.24, 2.45) is 0 Å². The van der Waals surface area contributed by atoms with Crippen molar-refractivity contribution >= 4 is 27.3 Å². The lowest BCUT2D eigenvalue weighted by Gasteiger charge is -2.25. The standard InChI is InChI=1S/C26H29FN2O4S/c1-5-33-22-13-11-21(12-14-22)29(34(31,32)23-15-9-20(27)10-16-23)17-25(30)28-26-19(4)7-6-8-24(26)18(2)3/h6-16,18H,5,17H2,1-4H3,(H,28,30). The number of nitrogens with one attached hydrogen (secondary N) is 1. The van der Waals surface area contributed by atoms with Crippen LogP contribution in [0.3, 0.4) is 0 Å². The fraction of sp³-hybridized carbons (Fsp3) is 0.269. The molecule has 180 valence electrons. The van der Waals surface area contributed by atoms with Crippen LogP contribution in [0, 0.1) is 12.7 Å². The topological polar surface area (TPSA) is 75.7 Å². The van der Waals surface area contributed by atoms with Gasteiger partial charge in [0.1, 0.15) is 18.1 Å². The van der Waals surface area contributed by atoms with Gasteiger partial charge in [0.2, 0.25) is 5.91 Å². The second-order valence-electron chi connectivity index (χ2n) is 8.13. The molecular weight excluding hydrogens is 455 g/mol. The number of nitrogens with zero attached hydrogens (tertiary/aromatic N) is 1. The second-order valence-corrected chi connectivity index (χ2v) is 10.00. The zero-order chi connectivity index (χ0) is 24.9. The monoisotopic (exact) mass is 484 g/mol. The minimum Gasteiger partial charge on any atom is -0.494 e. The zero-order valence-electron chi connectivity index (χ0n) is 19.7. The number of hydrogen-bond donors (Lipinski definition) is 1. The van der Waals surface area contributed by atoms with E-state index in [9.17, 15) is 17.6 Å². The molecule has 0 saturated carbocycles. The summed E-state index contributed by atoms with van der Waals surface area (Å²) in [5, 5.41) is 2.90. The highest BCUT2D eigenvalue weighted by Gasteiger charge is 2.28. The lowest BCUT2D eigenvalue weighted by Crippen LogP contribution is -2.38. The maximum atomic E-state index is 13.5. The van der Waals surface area contributed by atoms with E-state index in [4.69, 9.17) is 4.74 Å². The van der Waals surface area contributed by atoms with Crippen molar-refractivity contribution in [3.8, 4) is 5.75 Å². The van der Waals surface area contributed by atoms with Gasteiger partial charge in [0.15, 0.2) is 0 Å². The molecule has 0 bridgehead atoms. The summed E-state index contributed by atoms with van der Waals surface area (Å²) >= 11 is 0. The SMILES string of the molecule is CCOc1ccc(N(CC(=O)Nc2c(C)cccc2C(C)C)S(=O)(=O)c2ccc(F)cc2)cc1. The van der Waals surface area contributed by atoms with Crippen LogP contribution in [0.1, 0.15) is 37.8 Å². The molecule has 0 saturated heterocycles. The largest absolute Gasteiger partial charge is 0.494 e. The van der Waals surface area contributed by atoms with Gasteiger partial charge in [0, 0.05) is 5.69 Å². The number of ether oxygens (including phenoxy) is 1. The van der Waals surface area contributed by atoms with Crippen molar-refractivity contribution in [1.82, 2.24) is 0 Å². The molecule has 0 radical (unpaired) electrons. The van der Waals surface area contributed by atoms with Crippen molar-refractivity contribution in [2.75, 3.05) is 22.8 Å². The number of sulfonamides is 1. The van der Waals surface area contributed by atoms with E-state index in [0.29, 0.717) is 18.0 Å². The molecule has 0 aromatic heterocycles. The van der Waals surface area contributed by atoms with Crippen LogP contribution in [0.2, 0.25) is 0 Å². The molecule has 0 aliphatic heterocycles. The highest BCUT2D eigenvalue weighted by atomic mass is 32.2. The van der Waals surface area contributed by atoms with Gasteiger partial charge in [-0.25, -0.2) is 12.8 Å². The summed E-state index contributed by atoms with van der Waals surface area (Å²) in [6, 6.07) is 16.7. The summed E-state index contributed by atoms with van der Waals surface area (Å²) in [5.74, 6) is -0.294. The zero-order valence-corrected chi connectivity index (χ0v) is 20.5. The Hall–Kier alpha value is -3.39. The third-order valence-corrected chi connectivity index (χ3v) is 7.10. The molecule has 1 N–H and O–H groups in total. The molecular formula is C26H29FN2O4S. The highest BCUT2D eigenvalue weighted by molar-refractivity contribution is 7.92. The van der Waals surface area contributed by atoms with Crippen LogP contribution in [0.25, 0.3) is 0 Å². The van der Waals surface area contributed by atoms with Gasteiger partial charge in [0.05, 0.1) is 17.2 Å². The van der Waals surface area contributed by atoms with E-state index in [-0.39, 0.29) is 16.5 Å². The molecule has 0 unspecified atom stereocenters. The number of para-hydroxylation sites is 1. The van der Waals surface area contributed by atoms with E-state index in [1.54, 1.807) is 24.3 Å². The Morgan fingerprint density at radius 1 is 1.03 bits per heavy atom. The van der Waals surface area contributed by atoms with Crippen LogP contribution in [0.4, 0.5) is 15.8 Å². The van der Waals surface area contributed by atoms with Gasteiger partial charge in [-0.05, 0) is 79.4 Å². The average Bonchev–Trinajstić information content (AvgIpc) is 2.80. The summed E-state index contributed by atoms with van der Waals surface area (Å²) in [6.45, 7) is 7.79. The van der Waals surface area contributed by atoms with E-state index >= 15 is 0 Å². The van der Waals surface area contributed by atoms with Crippen LogP contribution < -0.4 is 14.4 Å². The smallest absolute Gasteiger partial charge is 0.264 e. The lowest BCUT2D eigenvalue weighted by atomic mass is 9.98. The van der Waals surface area contributed by atoms with Crippen LogP contribution in [0.5, 0.6) is 5.75 Å². The number of benzene rings is 3. The van der Waals surface area contributed by atoms with Crippen molar-refractivity contribution in [3.63, 3.8) is 0 Å². The van der Waals surface area contributed by atoms with Crippen molar-refractivity contribution in [2.45, 2.75) is 38.5 Å². The molecule has 0 heterocycles. The lowest BCUT2D eigenvalue weighted by molar-refractivity contribution is -0.114. The molecule has 3 rings (SSSR count). The van der Waals surface area contributed by atoms with E-state index in [1.165, 1.54) is 12.1 Å². The third kappa shape index (κ3) is 5.75. The Morgan fingerprint density at radius 2 is 1.68 bits per heavy atom. The molecule has 0 atom stereocenters.